The minimum absolute atomic E-state index is 0.709. The molecule has 1 unspecified atom stereocenters. The van der Waals surface area contributed by atoms with E-state index in [1.54, 1.807) is 0 Å². The van der Waals surface area contributed by atoms with Crippen molar-refractivity contribution >= 4 is 0 Å². The Morgan fingerprint density at radius 2 is 2.06 bits per heavy atom. The molecule has 0 radical (unpaired) electrons. The van der Waals surface area contributed by atoms with Gasteiger partial charge in [0, 0.05) is 0 Å². The molecule has 1 aromatic rings. The van der Waals surface area contributed by atoms with Gasteiger partial charge >= 0.3 is 0 Å². The van der Waals surface area contributed by atoms with Gasteiger partial charge in [0.05, 0.1) is 0 Å². The smallest absolute Gasteiger partial charge is 0.00534 e. The van der Waals surface area contributed by atoms with Gasteiger partial charge in [0.1, 0.15) is 0 Å². The standard InChI is InChI=1S/C17H22/c1-4-10-16(11-5-1)14-8-3-9-15-17-12-6-2-7-13-17/h1,4-6,9-12,15,17H,2-3,7-8,13-14H2. The first-order chi connectivity index (χ1) is 8.45. The first-order valence-corrected chi connectivity index (χ1v) is 6.82. The third-order valence-electron chi connectivity index (χ3n) is 3.35. The first kappa shape index (κ1) is 12.2. The molecule has 2 rings (SSSR count). The van der Waals surface area contributed by atoms with E-state index in [-0.39, 0.29) is 0 Å². The fraction of sp³-hybridized carbons (Fsp3) is 0.412. The molecule has 17 heavy (non-hydrogen) atoms. The van der Waals surface area contributed by atoms with Gasteiger partial charge in [-0.1, -0.05) is 54.6 Å². The Kier molecular flexibility index (Phi) is 5.09. The van der Waals surface area contributed by atoms with Gasteiger partial charge in [0.15, 0.2) is 0 Å². The van der Waals surface area contributed by atoms with Crippen molar-refractivity contribution in [2.75, 3.05) is 0 Å². The monoisotopic (exact) mass is 226 g/mol. The predicted molar refractivity (Wildman–Crippen MR) is 75.0 cm³/mol. The highest BCUT2D eigenvalue weighted by molar-refractivity contribution is 5.14. The van der Waals surface area contributed by atoms with Crippen LogP contribution >= 0.6 is 0 Å². The summed E-state index contributed by atoms with van der Waals surface area (Å²) < 4.78 is 0. The van der Waals surface area contributed by atoms with Crippen molar-refractivity contribution in [3.05, 3.63) is 60.2 Å². The Morgan fingerprint density at radius 3 is 2.82 bits per heavy atom. The van der Waals surface area contributed by atoms with Crippen LogP contribution in [0, 0.1) is 5.92 Å². The average Bonchev–Trinajstić information content (AvgIpc) is 2.41. The number of unbranched alkanes of at least 4 members (excludes halogenated alkanes) is 1. The molecule has 0 aromatic heterocycles. The number of rotatable bonds is 5. The molecule has 0 fully saturated rings. The summed E-state index contributed by atoms with van der Waals surface area (Å²) in [6, 6.07) is 10.8. The molecular formula is C17H22. The summed E-state index contributed by atoms with van der Waals surface area (Å²) >= 11 is 0. The van der Waals surface area contributed by atoms with Gasteiger partial charge in [0.2, 0.25) is 0 Å². The molecule has 0 bridgehead atoms. The Balaban J connectivity index is 1.64. The quantitative estimate of drug-likeness (QED) is 0.493. The van der Waals surface area contributed by atoms with Crippen molar-refractivity contribution in [2.24, 2.45) is 5.92 Å². The fourth-order valence-electron chi connectivity index (χ4n) is 2.34. The van der Waals surface area contributed by atoms with Gasteiger partial charge < -0.3 is 0 Å². The molecule has 0 nitrogen and oxygen atoms in total. The molecule has 1 aliphatic rings. The van der Waals surface area contributed by atoms with Crippen LogP contribution in [-0.2, 0) is 6.42 Å². The van der Waals surface area contributed by atoms with E-state index < -0.39 is 0 Å². The largest absolute Gasteiger partial charge is 0.0879 e. The molecule has 0 aliphatic heterocycles. The number of allylic oxidation sites excluding steroid dienone is 4. The van der Waals surface area contributed by atoms with E-state index in [1.165, 1.54) is 44.1 Å². The van der Waals surface area contributed by atoms with Crippen molar-refractivity contribution in [3.63, 3.8) is 0 Å². The van der Waals surface area contributed by atoms with Crippen LogP contribution in [-0.4, -0.2) is 0 Å². The highest BCUT2D eigenvalue weighted by Crippen LogP contribution is 2.18. The topological polar surface area (TPSA) is 0 Å². The Bertz CT molecular complexity index is 359. The number of hydrogen-bond donors (Lipinski definition) is 0. The lowest BCUT2D eigenvalue weighted by Crippen LogP contribution is -1.96. The maximum atomic E-state index is 2.39. The van der Waals surface area contributed by atoms with Crippen molar-refractivity contribution in [2.45, 2.75) is 38.5 Å². The molecule has 90 valence electrons. The van der Waals surface area contributed by atoms with Crippen LogP contribution < -0.4 is 0 Å². The third-order valence-corrected chi connectivity index (χ3v) is 3.35. The Labute approximate surface area is 105 Å². The lowest BCUT2D eigenvalue weighted by Gasteiger charge is -2.11. The van der Waals surface area contributed by atoms with Crippen LogP contribution in [0.5, 0.6) is 0 Å². The van der Waals surface area contributed by atoms with Crippen molar-refractivity contribution < 1.29 is 0 Å². The molecule has 0 heteroatoms. The summed E-state index contributed by atoms with van der Waals surface area (Å²) in [4.78, 5) is 0. The van der Waals surface area contributed by atoms with E-state index in [9.17, 15) is 0 Å². The van der Waals surface area contributed by atoms with E-state index in [2.05, 4.69) is 54.6 Å². The number of benzene rings is 1. The second-order valence-corrected chi connectivity index (χ2v) is 4.83. The van der Waals surface area contributed by atoms with E-state index >= 15 is 0 Å². The zero-order valence-corrected chi connectivity index (χ0v) is 10.5. The van der Waals surface area contributed by atoms with Crippen LogP contribution in [0.1, 0.15) is 37.7 Å². The molecule has 1 atom stereocenters. The minimum Gasteiger partial charge on any atom is -0.0879 e. The maximum absolute atomic E-state index is 2.39. The Hall–Kier alpha value is -1.30. The zero-order valence-electron chi connectivity index (χ0n) is 10.5. The van der Waals surface area contributed by atoms with Crippen molar-refractivity contribution in [3.8, 4) is 0 Å². The van der Waals surface area contributed by atoms with E-state index in [0.29, 0.717) is 5.92 Å². The number of hydrogen-bond acceptors (Lipinski definition) is 0. The summed E-state index contributed by atoms with van der Waals surface area (Å²) in [5, 5.41) is 0. The fourth-order valence-corrected chi connectivity index (χ4v) is 2.34. The van der Waals surface area contributed by atoms with E-state index in [0.717, 1.165) is 0 Å². The van der Waals surface area contributed by atoms with Crippen LogP contribution in [0.4, 0.5) is 0 Å². The summed E-state index contributed by atoms with van der Waals surface area (Å²) in [6.45, 7) is 0. The summed E-state index contributed by atoms with van der Waals surface area (Å²) in [5.41, 5.74) is 1.46. The molecule has 0 N–H and O–H groups in total. The van der Waals surface area contributed by atoms with Gasteiger partial charge in [-0.2, -0.15) is 0 Å². The normalized spacial score (nSPS) is 19.9. The minimum atomic E-state index is 0.709. The predicted octanol–water partition coefficient (Wildman–Crippen LogP) is 4.92. The SMILES string of the molecule is C(=CC1C=CCCC1)CCCc1ccccc1. The summed E-state index contributed by atoms with van der Waals surface area (Å²) in [5.74, 6) is 0.709. The van der Waals surface area contributed by atoms with Crippen LogP contribution in [0.15, 0.2) is 54.6 Å². The lowest BCUT2D eigenvalue weighted by atomic mass is 9.95. The van der Waals surface area contributed by atoms with Gasteiger partial charge in [-0.25, -0.2) is 0 Å². The highest BCUT2D eigenvalue weighted by Gasteiger charge is 2.02. The molecule has 0 spiro atoms. The van der Waals surface area contributed by atoms with Gasteiger partial charge in [-0.05, 0) is 50.0 Å². The molecule has 0 amide bonds. The van der Waals surface area contributed by atoms with E-state index in [1.807, 2.05) is 0 Å². The second-order valence-electron chi connectivity index (χ2n) is 4.83. The summed E-state index contributed by atoms with van der Waals surface area (Å²) in [6.07, 6.45) is 17.1. The molecule has 0 heterocycles. The van der Waals surface area contributed by atoms with Crippen molar-refractivity contribution in [1.82, 2.24) is 0 Å². The Morgan fingerprint density at radius 1 is 1.18 bits per heavy atom. The molecule has 1 aromatic carbocycles. The lowest BCUT2D eigenvalue weighted by molar-refractivity contribution is 0.628. The molecular weight excluding hydrogens is 204 g/mol. The summed E-state index contributed by atoms with van der Waals surface area (Å²) in [7, 11) is 0. The molecule has 0 saturated carbocycles. The van der Waals surface area contributed by atoms with Gasteiger partial charge in [0.25, 0.3) is 0 Å². The van der Waals surface area contributed by atoms with E-state index in [4.69, 9.17) is 0 Å². The highest BCUT2D eigenvalue weighted by atomic mass is 14.1. The average molecular weight is 226 g/mol. The maximum Gasteiger partial charge on any atom is -0.00534 e. The van der Waals surface area contributed by atoms with Gasteiger partial charge in [-0.3, -0.25) is 0 Å². The number of aryl methyl sites for hydroxylation is 1. The second kappa shape index (κ2) is 7.11. The third kappa shape index (κ3) is 4.60. The van der Waals surface area contributed by atoms with Gasteiger partial charge in [-0.15, -0.1) is 0 Å². The first-order valence-electron chi connectivity index (χ1n) is 6.82. The van der Waals surface area contributed by atoms with Crippen LogP contribution in [0.2, 0.25) is 0 Å². The molecule has 0 saturated heterocycles. The molecule has 1 aliphatic carbocycles. The zero-order chi connectivity index (χ0) is 11.8. The van der Waals surface area contributed by atoms with Crippen LogP contribution in [0.3, 0.4) is 0 Å². The van der Waals surface area contributed by atoms with Crippen molar-refractivity contribution in [1.29, 1.82) is 0 Å². The van der Waals surface area contributed by atoms with Crippen LogP contribution in [0.25, 0.3) is 0 Å².